The van der Waals surface area contributed by atoms with E-state index in [2.05, 4.69) is 15.3 Å². The number of carbonyl (C=O) groups is 1. The summed E-state index contributed by atoms with van der Waals surface area (Å²) < 4.78 is 1.64. The minimum atomic E-state index is -0.174. The Balaban J connectivity index is 1.51. The lowest BCUT2D eigenvalue weighted by Gasteiger charge is -2.41. The number of amides is 1. The van der Waals surface area contributed by atoms with E-state index < -0.39 is 0 Å². The van der Waals surface area contributed by atoms with E-state index in [4.69, 9.17) is 0 Å². The molecule has 6 nitrogen and oxygen atoms in total. The van der Waals surface area contributed by atoms with Crippen molar-refractivity contribution in [2.24, 2.45) is 7.05 Å². The molecule has 0 aromatic carbocycles. The smallest absolute Gasteiger partial charge is 0.269 e. The molecule has 2 unspecified atom stereocenters. The molecule has 1 aromatic heterocycles. The third kappa shape index (κ3) is 3.75. The van der Waals surface area contributed by atoms with Gasteiger partial charge in [-0.3, -0.25) is 14.4 Å². The largest absolute Gasteiger partial charge is 0.391 e. The molecule has 1 amide bonds. The molecule has 128 valence electrons. The zero-order valence-electron chi connectivity index (χ0n) is 14.2. The zero-order chi connectivity index (χ0) is 16.4. The fourth-order valence-corrected chi connectivity index (χ4v) is 3.98. The van der Waals surface area contributed by atoms with Gasteiger partial charge >= 0.3 is 0 Å². The predicted octanol–water partition coefficient (Wildman–Crippen LogP) is 1.23. The molecule has 2 fully saturated rings. The molecule has 0 radical (unpaired) electrons. The number of aliphatic hydroxyl groups excluding tert-OH is 1. The van der Waals surface area contributed by atoms with Gasteiger partial charge in [0.1, 0.15) is 5.69 Å². The Morgan fingerprint density at radius 2 is 1.96 bits per heavy atom. The maximum Gasteiger partial charge on any atom is 0.269 e. The minimum absolute atomic E-state index is 0.0377. The van der Waals surface area contributed by atoms with Gasteiger partial charge in [-0.2, -0.15) is 5.10 Å². The van der Waals surface area contributed by atoms with Gasteiger partial charge in [0.15, 0.2) is 0 Å². The maximum atomic E-state index is 12.4. The van der Waals surface area contributed by atoms with Crippen LogP contribution in [0.4, 0.5) is 0 Å². The Kier molecular flexibility index (Phi) is 5.02. The van der Waals surface area contributed by atoms with Gasteiger partial charge in [-0.1, -0.05) is 12.8 Å². The summed E-state index contributed by atoms with van der Waals surface area (Å²) in [4.78, 5) is 14.8. The number of rotatable bonds is 3. The van der Waals surface area contributed by atoms with Crippen LogP contribution in [0.5, 0.6) is 0 Å². The normalized spacial score (nSPS) is 27.1. The van der Waals surface area contributed by atoms with Crippen molar-refractivity contribution in [1.82, 2.24) is 20.0 Å². The van der Waals surface area contributed by atoms with E-state index >= 15 is 0 Å². The molecule has 1 saturated heterocycles. The second kappa shape index (κ2) is 7.01. The molecule has 1 aliphatic heterocycles. The highest BCUT2D eigenvalue weighted by Crippen LogP contribution is 2.26. The maximum absolute atomic E-state index is 12.4. The average Bonchev–Trinajstić information content (AvgIpc) is 2.87. The van der Waals surface area contributed by atoms with Crippen molar-refractivity contribution in [3.05, 3.63) is 17.5 Å². The van der Waals surface area contributed by atoms with Gasteiger partial charge in [-0.15, -0.1) is 0 Å². The fourth-order valence-electron chi connectivity index (χ4n) is 3.98. The second-order valence-electron chi connectivity index (χ2n) is 7.00. The number of aryl methyl sites for hydroxylation is 2. The first-order chi connectivity index (χ1) is 11.0. The molecule has 1 aliphatic carbocycles. The molecule has 2 atom stereocenters. The van der Waals surface area contributed by atoms with Gasteiger partial charge in [0, 0.05) is 32.2 Å². The van der Waals surface area contributed by atoms with Crippen LogP contribution in [0.25, 0.3) is 0 Å². The Hall–Kier alpha value is -1.40. The summed E-state index contributed by atoms with van der Waals surface area (Å²) in [5.74, 6) is -0.0377. The second-order valence-corrected chi connectivity index (χ2v) is 7.00. The van der Waals surface area contributed by atoms with Crippen molar-refractivity contribution in [2.75, 3.05) is 13.1 Å². The molecule has 23 heavy (non-hydrogen) atoms. The molecule has 3 rings (SSSR count). The van der Waals surface area contributed by atoms with Crippen LogP contribution in [0.1, 0.15) is 54.7 Å². The third-order valence-electron chi connectivity index (χ3n) is 5.26. The van der Waals surface area contributed by atoms with E-state index in [9.17, 15) is 9.90 Å². The van der Waals surface area contributed by atoms with Crippen LogP contribution in [-0.4, -0.2) is 57.0 Å². The van der Waals surface area contributed by atoms with E-state index in [0.29, 0.717) is 11.7 Å². The molecule has 1 saturated carbocycles. The summed E-state index contributed by atoms with van der Waals surface area (Å²) in [6, 6.07) is 2.36. The fraction of sp³-hybridized carbons (Fsp3) is 0.765. The van der Waals surface area contributed by atoms with Gasteiger partial charge < -0.3 is 10.4 Å². The Labute approximate surface area is 137 Å². The topological polar surface area (TPSA) is 70.4 Å². The van der Waals surface area contributed by atoms with Crippen molar-refractivity contribution in [2.45, 2.75) is 63.6 Å². The van der Waals surface area contributed by atoms with Crippen LogP contribution in [0.2, 0.25) is 0 Å². The van der Waals surface area contributed by atoms with Crippen LogP contribution in [0.15, 0.2) is 6.07 Å². The number of aliphatic hydroxyl groups is 1. The first-order valence-corrected chi connectivity index (χ1v) is 8.78. The highest BCUT2D eigenvalue weighted by atomic mass is 16.3. The van der Waals surface area contributed by atoms with E-state index in [1.807, 2.05) is 13.0 Å². The van der Waals surface area contributed by atoms with Gasteiger partial charge in [-0.05, 0) is 38.7 Å². The molecule has 0 spiro atoms. The summed E-state index contributed by atoms with van der Waals surface area (Å²) >= 11 is 0. The van der Waals surface area contributed by atoms with E-state index in [1.165, 1.54) is 6.42 Å². The van der Waals surface area contributed by atoms with Crippen LogP contribution in [0, 0.1) is 6.92 Å². The van der Waals surface area contributed by atoms with Crippen LogP contribution >= 0.6 is 0 Å². The molecular formula is C17H28N4O2. The summed E-state index contributed by atoms with van der Waals surface area (Å²) in [7, 11) is 1.80. The molecule has 2 aliphatic rings. The van der Waals surface area contributed by atoms with Crippen LogP contribution in [-0.2, 0) is 7.05 Å². The van der Waals surface area contributed by atoms with Gasteiger partial charge in [0.25, 0.3) is 5.91 Å². The standard InChI is InChI=1S/C17H28N4O2/c1-12-11-15(20(2)19-12)17(23)18-13-7-9-21(10-8-13)14-5-3-4-6-16(14)22/h11,13-14,16,22H,3-10H2,1-2H3,(H,18,23). The van der Waals surface area contributed by atoms with Crippen LogP contribution in [0.3, 0.4) is 0 Å². The molecule has 2 heterocycles. The van der Waals surface area contributed by atoms with Crippen molar-refractivity contribution in [1.29, 1.82) is 0 Å². The Bertz CT molecular complexity index is 549. The average molecular weight is 320 g/mol. The summed E-state index contributed by atoms with van der Waals surface area (Å²) in [6.07, 6.45) is 6.13. The molecular weight excluding hydrogens is 292 g/mol. The Morgan fingerprint density at radius 1 is 1.26 bits per heavy atom. The van der Waals surface area contributed by atoms with Gasteiger partial charge in [0.2, 0.25) is 0 Å². The number of carbonyl (C=O) groups excluding carboxylic acids is 1. The predicted molar refractivity (Wildman–Crippen MR) is 88.3 cm³/mol. The highest BCUT2D eigenvalue weighted by molar-refractivity contribution is 5.92. The van der Waals surface area contributed by atoms with E-state index in [0.717, 1.165) is 50.9 Å². The molecule has 0 bridgehead atoms. The number of piperidine rings is 1. The Morgan fingerprint density at radius 3 is 2.57 bits per heavy atom. The SMILES string of the molecule is Cc1cc(C(=O)NC2CCN(C3CCCCC3O)CC2)n(C)n1. The summed E-state index contributed by atoms with van der Waals surface area (Å²) in [5, 5.41) is 17.6. The number of nitrogens with one attached hydrogen (secondary N) is 1. The molecule has 2 N–H and O–H groups in total. The number of likely N-dealkylation sites (tertiary alicyclic amines) is 1. The van der Waals surface area contributed by atoms with Gasteiger partial charge in [-0.25, -0.2) is 0 Å². The highest BCUT2D eigenvalue weighted by Gasteiger charge is 2.31. The summed E-state index contributed by atoms with van der Waals surface area (Å²) in [5.41, 5.74) is 1.48. The van der Waals surface area contributed by atoms with Crippen molar-refractivity contribution in [3.63, 3.8) is 0 Å². The first kappa shape index (κ1) is 16.5. The van der Waals surface area contributed by atoms with E-state index in [1.54, 1.807) is 11.7 Å². The van der Waals surface area contributed by atoms with Gasteiger partial charge in [0.05, 0.1) is 11.8 Å². The molecule has 1 aromatic rings. The summed E-state index contributed by atoms with van der Waals surface area (Å²) in [6.45, 7) is 3.80. The van der Waals surface area contributed by atoms with Crippen LogP contribution < -0.4 is 5.32 Å². The third-order valence-corrected chi connectivity index (χ3v) is 5.26. The molecule has 6 heteroatoms. The number of aromatic nitrogens is 2. The van der Waals surface area contributed by atoms with E-state index in [-0.39, 0.29) is 18.1 Å². The number of hydrogen-bond acceptors (Lipinski definition) is 4. The monoisotopic (exact) mass is 320 g/mol. The zero-order valence-corrected chi connectivity index (χ0v) is 14.2. The van der Waals surface area contributed by atoms with Crippen molar-refractivity contribution in [3.8, 4) is 0 Å². The van der Waals surface area contributed by atoms with Crippen molar-refractivity contribution < 1.29 is 9.90 Å². The number of hydrogen-bond donors (Lipinski definition) is 2. The number of nitrogens with zero attached hydrogens (tertiary/aromatic N) is 3. The lowest BCUT2D eigenvalue weighted by Crippen LogP contribution is -2.52. The first-order valence-electron chi connectivity index (χ1n) is 8.78. The quantitative estimate of drug-likeness (QED) is 0.879. The lowest BCUT2D eigenvalue weighted by molar-refractivity contribution is 0.00725. The van der Waals surface area contributed by atoms with Crippen molar-refractivity contribution >= 4 is 5.91 Å². The lowest BCUT2D eigenvalue weighted by atomic mass is 9.89. The minimum Gasteiger partial charge on any atom is -0.391 e.